The number of pyridine rings is 3. The fraction of sp³-hybridized carbons (Fsp3) is 0.0690. The van der Waals surface area contributed by atoms with E-state index in [2.05, 4.69) is 60.9 Å². The molecule has 6 aromatic rings. The molecule has 5 aromatic heterocycles. The lowest BCUT2D eigenvalue weighted by Crippen LogP contribution is -2.00. The Hall–Kier alpha value is -4.89. The third kappa shape index (κ3) is 4.74. The van der Waals surface area contributed by atoms with E-state index in [-0.39, 0.29) is 0 Å². The molecule has 0 saturated heterocycles. The number of nitrogens with one attached hydrogen (secondary N) is 2. The molecule has 0 aliphatic carbocycles. The maximum atomic E-state index is 6.06. The van der Waals surface area contributed by atoms with Crippen molar-refractivity contribution in [1.82, 2.24) is 25.1 Å². The number of hydrogen-bond donors (Lipinski definition) is 2. The van der Waals surface area contributed by atoms with Gasteiger partial charge in [0.1, 0.15) is 11.5 Å². The standard InChI is InChI=1S/C29H23N7OS/c1-18-9-11-24(38-18)27-22-6-3-4-7-23(22)28(36-35-27)34-20-10-12-26(33-17-20)37-29-21(8-5-14-32-29)19-13-15-31-25(16-19)30-2/h3-17H,1-2H3,(H,30,31)(H,34,36). The van der Waals surface area contributed by atoms with Gasteiger partial charge in [-0.1, -0.05) is 24.3 Å². The summed E-state index contributed by atoms with van der Waals surface area (Å²) in [5.74, 6) is 2.32. The molecule has 186 valence electrons. The Kier molecular flexibility index (Phi) is 6.33. The van der Waals surface area contributed by atoms with Crippen LogP contribution >= 0.6 is 11.3 Å². The van der Waals surface area contributed by atoms with Gasteiger partial charge in [-0.05, 0) is 55.0 Å². The van der Waals surface area contributed by atoms with Crippen LogP contribution in [0.4, 0.5) is 17.3 Å². The van der Waals surface area contributed by atoms with E-state index >= 15 is 0 Å². The number of nitrogens with zero attached hydrogens (tertiary/aromatic N) is 5. The van der Waals surface area contributed by atoms with Gasteiger partial charge in [-0.25, -0.2) is 15.0 Å². The zero-order valence-electron chi connectivity index (χ0n) is 20.7. The van der Waals surface area contributed by atoms with Gasteiger partial charge in [0.2, 0.25) is 11.8 Å². The minimum atomic E-state index is 0.428. The molecule has 9 heteroatoms. The van der Waals surface area contributed by atoms with Crippen molar-refractivity contribution < 1.29 is 4.74 Å². The van der Waals surface area contributed by atoms with Crippen molar-refractivity contribution in [3.05, 3.63) is 96.3 Å². The van der Waals surface area contributed by atoms with Crippen LogP contribution in [0.3, 0.4) is 0 Å². The van der Waals surface area contributed by atoms with Crippen LogP contribution in [0.25, 0.3) is 32.5 Å². The quantitative estimate of drug-likeness (QED) is 0.231. The van der Waals surface area contributed by atoms with Crippen LogP contribution in [0.2, 0.25) is 0 Å². The molecule has 0 atom stereocenters. The Balaban J connectivity index is 1.25. The highest BCUT2D eigenvalue weighted by Gasteiger charge is 2.14. The molecule has 38 heavy (non-hydrogen) atoms. The third-order valence-electron chi connectivity index (χ3n) is 5.96. The number of hydrogen-bond acceptors (Lipinski definition) is 9. The summed E-state index contributed by atoms with van der Waals surface area (Å²) < 4.78 is 6.06. The van der Waals surface area contributed by atoms with E-state index in [0.717, 1.165) is 44.0 Å². The molecule has 0 fully saturated rings. The third-order valence-corrected chi connectivity index (χ3v) is 6.97. The van der Waals surface area contributed by atoms with Crippen LogP contribution in [0, 0.1) is 6.92 Å². The van der Waals surface area contributed by atoms with Gasteiger partial charge in [-0.3, -0.25) is 0 Å². The summed E-state index contributed by atoms with van der Waals surface area (Å²) in [5, 5.41) is 17.5. The second kappa shape index (κ2) is 10.2. The maximum absolute atomic E-state index is 6.06. The molecule has 8 nitrogen and oxygen atoms in total. The van der Waals surface area contributed by atoms with E-state index in [1.54, 1.807) is 36.0 Å². The van der Waals surface area contributed by atoms with Crippen LogP contribution in [0.1, 0.15) is 4.88 Å². The lowest BCUT2D eigenvalue weighted by atomic mass is 10.1. The number of aryl methyl sites for hydroxylation is 1. The molecule has 0 saturated carbocycles. The highest BCUT2D eigenvalue weighted by atomic mass is 32.1. The average Bonchev–Trinajstić information content (AvgIpc) is 3.40. The van der Waals surface area contributed by atoms with Crippen LogP contribution < -0.4 is 15.4 Å². The van der Waals surface area contributed by atoms with Gasteiger partial charge in [0.05, 0.1) is 16.8 Å². The summed E-state index contributed by atoms with van der Waals surface area (Å²) in [6.07, 6.45) is 5.15. The van der Waals surface area contributed by atoms with Crippen LogP contribution in [0.5, 0.6) is 11.8 Å². The number of thiophene rings is 1. The lowest BCUT2D eigenvalue weighted by Gasteiger charge is -2.12. The van der Waals surface area contributed by atoms with E-state index in [1.165, 1.54) is 4.88 Å². The first-order valence-electron chi connectivity index (χ1n) is 12.0. The highest BCUT2D eigenvalue weighted by Crippen LogP contribution is 2.35. The smallest absolute Gasteiger partial charge is 0.229 e. The lowest BCUT2D eigenvalue weighted by molar-refractivity contribution is 0.447. The van der Waals surface area contributed by atoms with E-state index < -0.39 is 0 Å². The predicted octanol–water partition coefficient (Wildman–Crippen LogP) is 7.10. The number of anilines is 3. The van der Waals surface area contributed by atoms with Crippen molar-refractivity contribution in [2.75, 3.05) is 17.7 Å². The second-order valence-corrected chi connectivity index (χ2v) is 9.79. The van der Waals surface area contributed by atoms with Crippen molar-refractivity contribution in [3.63, 3.8) is 0 Å². The van der Waals surface area contributed by atoms with Gasteiger partial charge >= 0.3 is 0 Å². The highest BCUT2D eigenvalue weighted by molar-refractivity contribution is 7.15. The Labute approximate surface area is 223 Å². The summed E-state index contributed by atoms with van der Waals surface area (Å²) in [5.41, 5.74) is 3.44. The monoisotopic (exact) mass is 517 g/mol. The van der Waals surface area contributed by atoms with Gasteiger partial charge in [0.15, 0.2) is 5.82 Å². The van der Waals surface area contributed by atoms with Crippen molar-refractivity contribution in [2.45, 2.75) is 6.92 Å². The Morgan fingerprint density at radius 2 is 1.71 bits per heavy atom. The number of benzene rings is 1. The van der Waals surface area contributed by atoms with Crippen LogP contribution in [0.15, 0.2) is 91.4 Å². The first kappa shape index (κ1) is 23.5. The van der Waals surface area contributed by atoms with Crippen molar-refractivity contribution in [3.8, 4) is 33.5 Å². The zero-order valence-corrected chi connectivity index (χ0v) is 21.5. The van der Waals surface area contributed by atoms with E-state index in [0.29, 0.717) is 17.6 Å². The molecule has 0 bridgehead atoms. The first-order valence-corrected chi connectivity index (χ1v) is 12.8. The number of aromatic nitrogens is 5. The molecule has 1 aromatic carbocycles. The summed E-state index contributed by atoms with van der Waals surface area (Å²) in [6, 6.07) is 23.7. The molecule has 0 spiro atoms. The molecule has 5 heterocycles. The normalized spacial score (nSPS) is 10.9. The van der Waals surface area contributed by atoms with Crippen LogP contribution in [-0.2, 0) is 0 Å². The van der Waals surface area contributed by atoms with E-state index in [9.17, 15) is 0 Å². The van der Waals surface area contributed by atoms with Crippen molar-refractivity contribution >= 4 is 39.4 Å². The molecule has 6 rings (SSSR count). The molecular formula is C29H23N7OS. The molecule has 0 aliphatic heterocycles. The van der Waals surface area contributed by atoms with Crippen molar-refractivity contribution in [2.24, 2.45) is 0 Å². The Morgan fingerprint density at radius 3 is 2.50 bits per heavy atom. The van der Waals surface area contributed by atoms with Gasteiger partial charge in [-0.15, -0.1) is 21.5 Å². The Bertz CT molecular complexity index is 1730. The van der Waals surface area contributed by atoms with Gasteiger partial charge in [0, 0.05) is 46.7 Å². The molecule has 0 amide bonds. The second-order valence-electron chi connectivity index (χ2n) is 8.50. The fourth-order valence-electron chi connectivity index (χ4n) is 4.12. The SMILES string of the molecule is CNc1cc(-c2cccnc2Oc2ccc(Nc3nnc(-c4ccc(C)s4)c4ccccc34)cn2)ccn1. The van der Waals surface area contributed by atoms with Gasteiger partial charge < -0.3 is 15.4 Å². The topological polar surface area (TPSA) is 97.7 Å². The number of fused-ring (bicyclic) bond motifs is 1. The predicted molar refractivity (Wildman–Crippen MR) is 152 cm³/mol. The summed E-state index contributed by atoms with van der Waals surface area (Å²) >= 11 is 1.71. The van der Waals surface area contributed by atoms with Gasteiger partial charge in [0.25, 0.3) is 0 Å². The maximum Gasteiger partial charge on any atom is 0.229 e. The van der Waals surface area contributed by atoms with Crippen LogP contribution in [-0.4, -0.2) is 32.2 Å². The molecular weight excluding hydrogens is 494 g/mol. The molecule has 2 N–H and O–H groups in total. The number of ether oxygens (including phenoxy) is 1. The summed E-state index contributed by atoms with van der Waals surface area (Å²) in [4.78, 5) is 15.5. The summed E-state index contributed by atoms with van der Waals surface area (Å²) in [7, 11) is 1.83. The Morgan fingerprint density at radius 1 is 0.816 bits per heavy atom. The first-order chi connectivity index (χ1) is 18.7. The molecule has 0 unspecified atom stereocenters. The largest absolute Gasteiger partial charge is 0.420 e. The zero-order chi connectivity index (χ0) is 25.9. The minimum Gasteiger partial charge on any atom is -0.420 e. The number of rotatable bonds is 7. The van der Waals surface area contributed by atoms with E-state index in [4.69, 9.17) is 4.74 Å². The molecule has 0 aliphatic rings. The molecule has 0 radical (unpaired) electrons. The van der Waals surface area contributed by atoms with Gasteiger partial charge in [-0.2, -0.15) is 0 Å². The van der Waals surface area contributed by atoms with E-state index in [1.807, 2.05) is 55.6 Å². The summed E-state index contributed by atoms with van der Waals surface area (Å²) in [6.45, 7) is 2.09. The minimum absolute atomic E-state index is 0.428. The average molecular weight is 518 g/mol. The van der Waals surface area contributed by atoms with Crippen molar-refractivity contribution in [1.29, 1.82) is 0 Å². The fourth-order valence-corrected chi connectivity index (χ4v) is 4.98.